The molecule has 0 saturated heterocycles. The summed E-state index contributed by atoms with van der Waals surface area (Å²) in [5.74, 6) is -1.65. The van der Waals surface area contributed by atoms with Crippen molar-refractivity contribution in [3.05, 3.63) is 118 Å². The maximum atomic E-state index is 13.2. The van der Waals surface area contributed by atoms with Crippen molar-refractivity contribution in [3.8, 4) is 17.0 Å². The normalized spacial score (nSPS) is 15.0. The average Bonchev–Trinajstić information content (AvgIpc) is 3.67. The highest BCUT2D eigenvalue weighted by Gasteiger charge is 2.36. The molecular weight excluding hydrogens is 715 g/mol. The Bertz CT molecular complexity index is 2260. The van der Waals surface area contributed by atoms with Crippen LogP contribution in [0.15, 0.2) is 95.5 Å². The molecule has 4 amide bonds. The zero-order valence-corrected chi connectivity index (χ0v) is 31.6. The van der Waals surface area contributed by atoms with E-state index in [9.17, 15) is 27.6 Å². The molecular formula is C39H39N5O7S2. The van der Waals surface area contributed by atoms with Crippen molar-refractivity contribution in [2.45, 2.75) is 33.6 Å². The van der Waals surface area contributed by atoms with Crippen LogP contribution in [0.4, 0.5) is 10.8 Å². The molecule has 0 bridgehead atoms. The van der Waals surface area contributed by atoms with Crippen molar-refractivity contribution < 1.29 is 32.3 Å². The van der Waals surface area contributed by atoms with E-state index in [1.54, 1.807) is 36.4 Å². The molecule has 0 atom stereocenters. The Labute approximate surface area is 312 Å². The first-order valence-corrected chi connectivity index (χ1v) is 19.5. The van der Waals surface area contributed by atoms with Crippen molar-refractivity contribution in [2.24, 2.45) is 5.41 Å². The zero-order valence-electron chi connectivity index (χ0n) is 29.9. The molecule has 12 nitrogen and oxygen atoms in total. The number of thiazole rings is 1. The highest BCUT2D eigenvalue weighted by atomic mass is 32.2. The molecule has 1 aliphatic heterocycles. The highest BCUT2D eigenvalue weighted by molar-refractivity contribution is 7.92. The summed E-state index contributed by atoms with van der Waals surface area (Å²) in [5, 5.41) is 7.76. The fraction of sp³-hybridized carbons (Fsp3) is 0.256. The maximum absolute atomic E-state index is 13.2. The monoisotopic (exact) mass is 753 g/mol. The maximum Gasteiger partial charge on any atom is 0.262 e. The molecule has 0 saturated carbocycles. The number of methoxy groups -OCH3 is 1. The number of aromatic nitrogens is 1. The quantitative estimate of drug-likeness (QED) is 0.174. The first-order valence-electron chi connectivity index (χ1n) is 16.8. The number of rotatable bonds is 12. The summed E-state index contributed by atoms with van der Waals surface area (Å²) in [6, 6.07) is 19.5. The molecule has 4 aromatic rings. The molecule has 0 radical (unpaired) electrons. The van der Waals surface area contributed by atoms with Gasteiger partial charge in [0.2, 0.25) is 21.8 Å². The van der Waals surface area contributed by atoms with Gasteiger partial charge in [-0.3, -0.25) is 28.4 Å². The third kappa shape index (κ3) is 8.23. The number of nitrogens with zero attached hydrogens (tertiary/aromatic N) is 3. The van der Waals surface area contributed by atoms with E-state index >= 15 is 0 Å². The van der Waals surface area contributed by atoms with E-state index in [-0.39, 0.29) is 16.5 Å². The lowest BCUT2D eigenvalue weighted by molar-refractivity contribution is -0.119. The Morgan fingerprint density at radius 3 is 2.30 bits per heavy atom. The molecule has 2 aliphatic rings. The largest absolute Gasteiger partial charge is 0.495 e. The number of ether oxygens (including phenoxy) is 1. The Balaban J connectivity index is 1.08. The van der Waals surface area contributed by atoms with E-state index in [0.717, 1.165) is 37.7 Å². The van der Waals surface area contributed by atoms with Crippen LogP contribution < -0.4 is 19.7 Å². The number of sulfonamides is 1. The number of carbonyl (C=O) groups excluding carboxylic acids is 4. The predicted molar refractivity (Wildman–Crippen MR) is 204 cm³/mol. The fourth-order valence-electron chi connectivity index (χ4n) is 6.18. The summed E-state index contributed by atoms with van der Waals surface area (Å²) < 4.78 is 32.0. The molecule has 3 aromatic carbocycles. The van der Waals surface area contributed by atoms with Crippen molar-refractivity contribution in [3.63, 3.8) is 0 Å². The van der Waals surface area contributed by atoms with Crippen LogP contribution in [-0.2, 0) is 26.0 Å². The topological polar surface area (TPSA) is 155 Å². The number of hydrogen-bond acceptors (Lipinski definition) is 9. The number of fused-ring (bicyclic) bond motifs is 1. The molecule has 1 aliphatic carbocycles. The molecule has 2 N–H and O–H groups in total. The number of aryl methyl sites for hydroxylation is 1. The second-order valence-corrected chi connectivity index (χ2v) is 16.4. The smallest absolute Gasteiger partial charge is 0.262 e. The van der Waals surface area contributed by atoms with Crippen LogP contribution in [0.25, 0.3) is 11.3 Å². The van der Waals surface area contributed by atoms with E-state index in [2.05, 4.69) is 29.5 Å². The minimum absolute atomic E-state index is 0.185. The van der Waals surface area contributed by atoms with Gasteiger partial charge in [-0.2, -0.15) is 0 Å². The first kappa shape index (κ1) is 37.2. The Kier molecular flexibility index (Phi) is 10.4. The molecule has 2 heterocycles. The minimum atomic E-state index is -3.81. The van der Waals surface area contributed by atoms with E-state index in [0.29, 0.717) is 40.8 Å². The van der Waals surface area contributed by atoms with Crippen molar-refractivity contribution >= 4 is 55.8 Å². The van der Waals surface area contributed by atoms with Gasteiger partial charge in [-0.15, -0.1) is 11.3 Å². The predicted octanol–water partition coefficient (Wildman–Crippen LogP) is 5.73. The molecule has 274 valence electrons. The van der Waals surface area contributed by atoms with Crippen LogP contribution in [0.1, 0.15) is 52.1 Å². The van der Waals surface area contributed by atoms with Crippen molar-refractivity contribution in [1.29, 1.82) is 0 Å². The summed E-state index contributed by atoms with van der Waals surface area (Å²) in [7, 11) is -2.35. The van der Waals surface area contributed by atoms with Crippen LogP contribution in [0.3, 0.4) is 0 Å². The lowest BCUT2D eigenvalue weighted by Crippen LogP contribution is -2.40. The van der Waals surface area contributed by atoms with E-state index in [4.69, 9.17) is 4.74 Å². The molecule has 6 rings (SSSR count). The zero-order chi connectivity index (χ0) is 38.1. The minimum Gasteiger partial charge on any atom is -0.495 e. The third-order valence-corrected chi connectivity index (χ3v) is 11.1. The van der Waals surface area contributed by atoms with Gasteiger partial charge in [-0.05, 0) is 66.6 Å². The summed E-state index contributed by atoms with van der Waals surface area (Å²) in [6.07, 6.45) is 6.25. The summed E-state index contributed by atoms with van der Waals surface area (Å²) in [5.41, 5.74) is 5.75. The van der Waals surface area contributed by atoms with Gasteiger partial charge in [0.25, 0.3) is 11.8 Å². The number of benzene rings is 3. The molecule has 0 spiro atoms. The lowest BCUT2D eigenvalue weighted by atomic mass is 9.75. The van der Waals surface area contributed by atoms with Gasteiger partial charge >= 0.3 is 0 Å². The molecule has 0 unspecified atom stereocenters. The standard InChI is InChI=1S/C39H39N5O7S2/c1-24-10-15-33(51-4)32(18-24)44(53(5,49)50)22-35(46)40-28-16-17-39(2,3)27(20-28)19-25-11-13-26(14-12-25)31-23-52-38(41-31)42-34(45)21-43-36(47)29-8-6-7-9-30(29)37(43)48/h6-16,18,20,23H,17,19,21-22H2,1-5H3,(H,40,46)(H,41,42,45). The van der Waals surface area contributed by atoms with E-state index in [1.165, 1.54) is 18.4 Å². The summed E-state index contributed by atoms with van der Waals surface area (Å²) in [4.78, 5) is 56.7. The second kappa shape index (κ2) is 14.8. The fourth-order valence-corrected chi connectivity index (χ4v) is 7.77. The Morgan fingerprint density at radius 2 is 1.66 bits per heavy atom. The number of allylic oxidation sites excluding steroid dienone is 3. The number of hydrogen-bond donors (Lipinski definition) is 2. The van der Waals surface area contributed by atoms with Crippen LogP contribution in [0.5, 0.6) is 5.75 Å². The lowest BCUT2D eigenvalue weighted by Gasteiger charge is -2.31. The molecule has 53 heavy (non-hydrogen) atoms. The van der Waals surface area contributed by atoms with Gasteiger partial charge in [-0.25, -0.2) is 13.4 Å². The summed E-state index contributed by atoms with van der Waals surface area (Å²) in [6.45, 7) is 5.28. The SMILES string of the molecule is COc1ccc(C)cc1N(CC(=O)NC1=CCC(C)(C)C(Cc2ccc(-c3csc(NC(=O)CN4C(=O)c5ccccc5C4=O)n3)cc2)=C1)S(C)(=O)=O. The molecule has 14 heteroatoms. The average molecular weight is 754 g/mol. The second-order valence-electron chi connectivity index (χ2n) is 13.6. The van der Waals surface area contributed by atoms with E-state index < -0.39 is 46.7 Å². The van der Waals surface area contributed by atoms with Gasteiger partial charge in [0.1, 0.15) is 18.8 Å². The van der Waals surface area contributed by atoms with Crippen LogP contribution in [0.2, 0.25) is 0 Å². The molecule has 0 fully saturated rings. The third-order valence-electron chi connectivity index (χ3n) is 9.18. The van der Waals surface area contributed by atoms with Gasteiger partial charge in [-0.1, -0.05) is 68.0 Å². The van der Waals surface area contributed by atoms with Crippen molar-refractivity contribution in [1.82, 2.24) is 15.2 Å². The van der Waals surface area contributed by atoms with Gasteiger partial charge < -0.3 is 15.4 Å². The van der Waals surface area contributed by atoms with E-state index in [1.807, 2.05) is 54.8 Å². The number of imide groups is 1. The Hall–Kier alpha value is -5.60. The van der Waals surface area contributed by atoms with Gasteiger partial charge in [0.05, 0.1) is 35.9 Å². The Morgan fingerprint density at radius 1 is 0.981 bits per heavy atom. The number of anilines is 2. The van der Waals surface area contributed by atoms with Crippen LogP contribution in [0, 0.1) is 12.3 Å². The van der Waals surface area contributed by atoms with Gasteiger partial charge in [0.15, 0.2) is 5.13 Å². The molecule has 1 aromatic heterocycles. The van der Waals surface area contributed by atoms with Crippen LogP contribution in [-0.4, -0.2) is 68.4 Å². The van der Waals surface area contributed by atoms with Crippen LogP contribution >= 0.6 is 11.3 Å². The van der Waals surface area contributed by atoms with Crippen molar-refractivity contribution in [2.75, 3.05) is 36.1 Å². The number of carbonyl (C=O) groups is 4. The number of nitrogens with one attached hydrogen (secondary N) is 2. The number of amides is 4. The highest BCUT2D eigenvalue weighted by Crippen LogP contribution is 2.38. The van der Waals surface area contributed by atoms with Gasteiger partial charge in [0, 0.05) is 16.6 Å². The first-order chi connectivity index (χ1) is 25.1. The summed E-state index contributed by atoms with van der Waals surface area (Å²) >= 11 is 1.24.